The van der Waals surface area contributed by atoms with Crippen LogP contribution in [-0.4, -0.2) is 113 Å². The normalized spacial score (nSPS) is 23.6. The molecule has 1 aromatic carbocycles. The summed E-state index contributed by atoms with van der Waals surface area (Å²) in [7, 11) is 0. The minimum atomic E-state index is -0.571. The molecular formula is C27H39ClN6O2. The van der Waals surface area contributed by atoms with E-state index in [-0.39, 0.29) is 12.5 Å². The van der Waals surface area contributed by atoms with E-state index in [0.29, 0.717) is 10.9 Å². The lowest BCUT2D eigenvalue weighted by Crippen LogP contribution is -2.54. The van der Waals surface area contributed by atoms with E-state index in [1.807, 2.05) is 12.1 Å². The zero-order valence-corrected chi connectivity index (χ0v) is 22.0. The topological polar surface area (TPSA) is 79.2 Å². The third kappa shape index (κ3) is 5.69. The van der Waals surface area contributed by atoms with Crippen LogP contribution in [0.1, 0.15) is 42.0 Å². The SMILES string of the molecule is C[C@@H]1CCc2ncnc(N3CCN(C(O)[C@@H](CN4CCN(CCO)CC4)c4ccc(Cl)cc4)CC3)c21. The molecule has 9 heteroatoms. The number of β-amino-alcohol motifs (C(OH)–C–C–N with tert-alkyl or cyclic N) is 1. The van der Waals surface area contributed by atoms with Crippen molar-refractivity contribution in [3.8, 4) is 0 Å². The van der Waals surface area contributed by atoms with Gasteiger partial charge in [0.15, 0.2) is 0 Å². The molecule has 1 aromatic heterocycles. The van der Waals surface area contributed by atoms with Crippen LogP contribution >= 0.6 is 11.6 Å². The molecule has 0 spiro atoms. The van der Waals surface area contributed by atoms with E-state index in [2.05, 4.69) is 48.6 Å². The van der Waals surface area contributed by atoms with E-state index >= 15 is 0 Å². The lowest BCUT2D eigenvalue weighted by Gasteiger charge is -2.43. The minimum Gasteiger partial charge on any atom is -0.395 e. The van der Waals surface area contributed by atoms with Crippen molar-refractivity contribution in [1.29, 1.82) is 0 Å². The zero-order chi connectivity index (χ0) is 25.1. The third-order valence-corrected chi connectivity index (χ3v) is 8.49. The van der Waals surface area contributed by atoms with Gasteiger partial charge in [0.1, 0.15) is 18.4 Å². The first kappa shape index (κ1) is 25.8. The van der Waals surface area contributed by atoms with Crippen molar-refractivity contribution in [3.05, 3.63) is 52.4 Å². The Bertz CT molecular complexity index is 992. The van der Waals surface area contributed by atoms with Crippen molar-refractivity contribution in [1.82, 2.24) is 24.7 Å². The van der Waals surface area contributed by atoms with Crippen molar-refractivity contribution < 1.29 is 10.2 Å². The molecule has 2 aliphatic heterocycles. The molecule has 3 atom stereocenters. The number of piperazine rings is 2. The van der Waals surface area contributed by atoms with E-state index in [9.17, 15) is 10.2 Å². The Morgan fingerprint density at radius 3 is 2.36 bits per heavy atom. The zero-order valence-electron chi connectivity index (χ0n) is 21.3. The molecule has 36 heavy (non-hydrogen) atoms. The molecule has 3 aliphatic rings. The Morgan fingerprint density at radius 2 is 1.67 bits per heavy atom. The lowest BCUT2D eigenvalue weighted by atomic mass is 9.95. The maximum Gasteiger partial charge on any atom is 0.135 e. The van der Waals surface area contributed by atoms with Gasteiger partial charge in [0.25, 0.3) is 0 Å². The predicted molar refractivity (Wildman–Crippen MR) is 143 cm³/mol. The second-order valence-electron chi connectivity index (χ2n) is 10.5. The quantitative estimate of drug-likeness (QED) is 0.554. The number of hydrogen-bond acceptors (Lipinski definition) is 8. The summed E-state index contributed by atoms with van der Waals surface area (Å²) in [6.07, 6.45) is 3.33. The number of rotatable bonds is 8. The molecule has 2 N–H and O–H groups in total. The van der Waals surface area contributed by atoms with Crippen LogP contribution in [-0.2, 0) is 6.42 Å². The molecule has 2 aromatic rings. The third-order valence-electron chi connectivity index (χ3n) is 8.23. The fourth-order valence-electron chi connectivity index (χ4n) is 6.02. The van der Waals surface area contributed by atoms with E-state index < -0.39 is 6.23 Å². The van der Waals surface area contributed by atoms with Gasteiger partial charge >= 0.3 is 0 Å². The summed E-state index contributed by atoms with van der Waals surface area (Å²) >= 11 is 6.18. The van der Waals surface area contributed by atoms with Crippen molar-refractivity contribution in [2.75, 3.05) is 77.0 Å². The summed E-state index contributed by atoms with van der Waals surface area (Å²) < 4.78 is 0. The van der Waals surface area contributed by atoms with Crippen LogP contribution in [0.2, 0.25) is 5.02 Å². The molecule has 0 amide bonds. The Labute approximate surface area is 219 Å². The smallest absolute Gasteiger partial charge is 0.135 e. The molecule has 2 saturated heterocycles. The standard InChI is InChI=1S/C27H39ClN6O2/c1-20-2-7-24-25(20)26(30-19-29-24)33-12-14-34(15-13-33)27(36)23(21-3-5-22(28)6-4-21)18-32-10-8-31(9-11-32)16-17-35/h3-6,19-20,23,27,35-36H,2,7-18H2,1H3/t20-,23+,27?/m1/s1. The van der Waals surface area contributed by atoms with E-state index in [1.165, 1.54) is 11.3 Å². The first-order valence-corrected chi connectivity index (χ1v) is 13.7. The molecule has 0 saturated carbocycles. The average Bonchev–Trinajstić information content (AvgIpc) is 3.30. The van der Waals surface area contributed by atoms with Crippen LogP contribution in [0.3, 0.4) is 0 Å². The molecule has 8 nitrogen and oxygen atoms in total. The van der Waals surface area contributed by atoms with Crippen LogP contribution in [0, 0.1) is 0 Å². The molecule has 1 aliphatic carbocycles. The lowest BCUT2D eigenvalue weighted by molar-refractivity contribution is -0.0307. The molecule has 5 rings (SSSR count). The van der Waals surface area contributed by atoms with Gasteiger partial charge in [-0.2, -0.15) is 0 Å². The van der Waals surface area contributed by atoms with E-state index in [0.717, 1.165) is 89.7 Å². The molecule has 1 unspecified atom stereocenters. The monoisotopic (exact) mass is 514 g/mol. The number of fused-ring (bicyclic) bond motifs is 1. The number of halogens is 1. The van der Waals surface area contributed by atoms with Gasteiger partial charge in [-0.15, -0.1) is 0 Å². The van der Waals surface area contributed by atoms with Crippen LogP contribution < -0.4 is 4.90 Å². The highest BCUT2D eigenvalue weighted by molar-refractivity contribution is 6.30. The largest absolute Gasteiger partial charge is 0.395 e. The van der Waals surface area contributed by atoms with Crippen LogP contribution in [0.5, 0.6) is 0 Å². The second kappa shape index (κ2) is 11.7. The number of hydrogen-bond donors (Lipinski definition) is 2. The van der Waals surface area contributed by atoms with E-state index in [1.54, 1.807) is 6.33 Å². The number of benzene rings is 1. The highest BCUT2D eigenvalue weighted by Gasteiger charge is 2.34. The van der Waals surface area contributed by atoms with Crippen LogP contribution in [0.4, 0.5) is 5.82 Å². The Balaban J connectivity index is 1.26. The first-order chi connectivity index (χ1) is 17.5. The van der Waals surface area contributed by atoms with Crippen molar-refractivity contribution in [2.45, 2.75) is 37.8 Å². The Morgan fingerprint density at radius 1 is 0.972 bits per heavy atom. The molecule has 0 bridgehead atoms. The van der Waals surface area contributed by atoms with Crippen molar-refractivity contribution >= 4 is 17.4 Å². The van der Waals surface area contributed by atoms with Gasteiger partial charge in [-0.05, 0) is 36.5 Å². The number of aliphatic hydroxyl groups is 2. The maximum atomic E-state index is 11.7. The summed E-state index contributed by atoms with van der Waals surface area (Å²) in [6, 6.07) is 7.95. The highest BCUT2D eigenvalue weighted by Crippen LogP contribution is 2.37. The number of aryl methyl sites for hydroxylation is 1. The maximum absolute atomic E-state index is 11.7. The first-order valence-electron chi connectivity index (χ1n) is 13.4. The predicted octanol–water partition coefficient (Wildman–Crippen LogP) is 2.01. The summed E-state index contributed by atoms with van der Waals surface area (Å²) in [5, 5.41) is 21.6. The van der Waals surface area contributed by atoms with Crippen LogP contribution in [0.15, 0.2) is 30.6 Å². The van der Waals surface area contributed by atoms with Crippen LogP contribution in [0.25, 0.3) is 0 Å². The van der Waals surface area contributed by atoms with Crippen molar-refractivity contribution in [2.24, 2.45) is 0 Å². The molecule has 3 heterocycles. The van der Waals surface area contributed by atoms with Gasteiger partial charge in [-0.1, -0.05) is 30.7 Å². The highest BCUT2D eigenvalue weighted by atomic mass is 35.5. The summed E-state index contributed by atoms with van der Waals surface area (Å²) in [6.45, 7) is 11.1. The fraction of sp³-hybridized carbons (Fsp3) is 0.630. The minimum absolute atomic E-state index is 0.0264. The Hall–Kier alpha value is -1.81. The van der Waals surface area contributed by atoms with Gasteiger partial charge in [-0.25, -0.2) is 9.97 Å². The number of anilines is 1. The number of aliphatic hydroxyl groups excluding tert-OH is 2. The summed E-state index contributed by atoms with van der Waals surface area (Å²) in [5.74, 6) is 1.57. The molecule has 0 radical (unpaired) electrons. The van der Waals surface area contributed by atoms with Gasteiger partial charge in [0.05, 0.1) is 6.61 Å². The van der Waals surface area contributed by atoms with Gasteiger partial charge in [-0.3, -0.25) is 9.80 Å². The molecule has 196 valence electrons. The Kier molecular flexibility index (Phi) is 8.40. The summed E-state index contributed by atoms with van der Waals surface area (Å²) in [5.41, 5.74) is 3.65. The number of nitrogens with zero attached hydrogens (tertiary/aromatic N) is 6. The van der Waals surface area contributed by atoms with E-state index in [4.69, 9.17) is 11.6 Å². The fourth-order valence-corrected chi connectivity index (χ4v) is 6.15. The molecule has 2 fully saturated rings. The number of aromatic nitrogens is 2. The second-order valence-corrected chi connectivity index (χ2v) is 10.9. The van der Waals surface area contributed by atoms with Gasteiger partial charge < -0.3 is 20.0 Å². The molecular weight excluding hydrogens is 476 g/mol. The van der Waals surface area contributed by atoms with Gasteiger partial charge in [0, 0.05) is 87.6 Å². The average molecular weight is 515 g/mol. The van der Waals surface area contributed by atoms with Crippen molar-refractivity contribution in [3.63, 3.8) is 0 Å². The summed E-state index contributed by atoms with van der Waals surface area (Å²) in [4.78, 5) is 18.5. The van der Waals surface area contributed by atoms with Gasteiger partial charge in [0.2, 0.25) is 0 Å².